The highest BCUT2D eigenvalue weighted by Crippen LogP contribution is 2.25. The van der Waals surface area contributed by atoms with Crippen LogP contribution in [-0.2, 0) is 4.74 Å². The van der Waals surface area contributed by atoms with Crippen molar-refractivity contribution >= 4 is 28.4 Å². The molecule has 4 nitrogen and oxygen atoms in total. The number of Topliss-reactive ketones (excluding diaryl/α,β-unsaturated/α-hetero) is 1. The highest BCUT2D eigenvalue weighted by Gasteiger charge is 2.31. The highest BCUT2D eigenvalue weighted by molar-refractivity contribution is 6.31. The van der Waals surface area contributed by atoms with Crippen LogP contribution in [0, 0.1) is 0 Å². The zero-order valence-corrected chi connectivity index (χ0v) is 11.2. The Morgan fingerprint density at radius 2 is 2.32 bits per heavy atom. The number of hydrogen-bond donors (Lipinski definition) is 1. The van der Waals surface area contributed by atoms with E-state index in [4.69, 9.17) is 20.8 Å². The number of carbonyl (C=O) groups is 1. The monoisotopic (exact) mass is 279 g/mol. The molecular formula is C14H14ClNO3. The average Bonchev–Trinajstić information content (AvgIpc) is 3.03. The smallest absolute Gasteiger partial charge is 0.214 e. The number of hydrogen-bond acceptors (Lipinski definition) is 4. The minimum absolute atomic E-state index is 0.0353. The van der Waals surface area contributed by atoms with Gasteiger partial charge in [0.15, 0.2) is 5.76 Å². The Bertz CT molecular complexity index is 622. The highest BCUT2D eigenvalue weighted by atomic mass is 35.5. The molecular weight excluding hydrogens is 266 g/mol. The second-order valence-electron chi connectivity index (χ2n) is 4.71. The molecule has 100 valence electrons. The van der Waals surface area contributed by atoms with Gasteiger partial charge < -0.3 is 14.5 Å². The molecule has 2 heterocycles. The van der Waals surface area contributed by atoms with Crippen molar-refractivity contribution in [3.63, 3.8) is 0 Å². The molecule has 2 atom stereocenters. The zero-order chi connectivity index (χ0) is 13.4. The molecule has 0 spiro atoms. The average molecular weight is 280 g/mol. The normalized spacial score (nSPS) is 23.1. The lowest BCUT2D eigenvalue weighted by Gasteiger charge is -2.06. The molecule has 2 unspecified atom stereocenters. The van der Waals surface area contributed by atoms with E-state index in [0.29, 0.717) is 29.3 Å². The molecule has 1 aliphatic rings. The molecule has 1 aliphatic heterocycles. The summed E-state index contributed by atoms with van der Waals surface area (Å²) < 4.78 is 10.8. The van der Waals surface area contributed by atoms with Gasteiger partial charge in [-0.3, -0.25) is 4.79 Å². The van der Waals surface area contributed by atoms with E-state index in [0.717, 1.165) is 5.39 Å². The van der Waals surface area contributed by atoms with Crippen molar-refractivity contribution in [2.24, 2.45) is 0 Å². The quantitative estimate of drug-likeness (QED) is 0.878. The number of ether oxygens (including phenoxy) is 1. The summed E-state index contributed by atoms with van der Waals surface area (Å²) >= 11 is 5.92. The molecule has 0 radical (unpaired) electrons. The van der Waals surface area contributed by atoms with Crippen LogP contribution in [0.1, 0.15) is 17.0 Å². The summed E-state index contributed by atoms with van der Waals surface area (Å²) in [5, 5.41) is 4.63. The van der Waals surface area contributed by atoms with Crippen LogP contribution in [0.3, 0.4) is 0 Å². The summed E-state index contributed by atoms with van der Waals surface area (Å²) in [6, 6.07) is 6.81. The van der Waals surface area contributed by atoms with Gasteiger partial charge in [0.05, 0.1) is 12.1 Å². The number of halogens is 1. The van der Waals surface area contributed by atoms with Crippen LogP contribution in [-0.4, -0.2) is 31.6 Å². The number of furan rings is 1. The van der Waals surface area contributed by atoms with Gasteiger partial charge in [-0.1, -0.05) is 11.6 Å². The molecule has 0 bridgehead atoms. The second kappa shape index (κ2) is 4.96. The number of methoxy groups -OCH3 is 1. The zero-order valence-electron chi connectivity index (χ0n) is 10.5. The molecule has 1 fully saturated rings. The lowest BCUT2D eigenvalue weighted by molar-refractivity contribution is 0.0895. The van der Waals surface area contributed by atoms with Gasteiger partial charge in [-0.25, -0.2) is 0 Å². The van der Waals surface area contributed by atoms with Crippen molar-refractivity contribution in [3.8, 4) is 0 Å². The summed E-state index contributed by atoms with van der Waals surface area (Å²) in [5.74, 6) is 0.332. The fourth-order valence-corrected chi connectivity index (χ4v) is 2.57. The van der Waals surface area contributed by atoms with Gasteiger partial charge in [-0.2, -0.15) is 0 Å². The Morgan fingerprint density at radius 3 is 3.05 bits per heavy atom. The van der Waals surface area contributed by atoms with E-state index in [-0.39, 0.29) is 17.9 Å². The van der Waals surface area contributed by atoms with Crippen molar-refractivity contribution in [3.05, 3.63) is 35.0 Å². The number of fused-ring (bicyclic) bond motifs is 1. The van der Waals surface area contributed by atoms with Gasteiger partial charge >= 0.3 is 0 Å². The Labute approximate surface area is 115 Å². The molecule has 0 saturated carbocycles. The molecule has 0 amide bonds. The Morgan fingerprint density at radius 1 is 1.47 bits per heavy atom. The van der Waals surface area contributed by atoms with Crippen LogP contribution in [0.15, 0.2) is 28.7 Å². The van der Waals surface area contributed by atoms with Gasteiger partial charge in [0.25, 0.3) is 0 Å². The van der Waals surface area contributed by atoms with Crippen molar-refractivity contribution in [1.29, 1.82) is 0 Å². The number of rotatable bonds is 3. The second-order valence-corrected chi connectivity index (χ2v) is 5.15. The minimum atomic E-state index is -0.235. The van der Waals surface area contributed by atoms with Crippen molar-refractivity contribution < 1.29 is 13.9 Å². The van der Waals surface area contributed by atoms with Crippen LogP contribution in [0.5, 0.6) is 0 Å². The Hall–Kier alpha value is -1.36. The van der Waals surface area contributed by atoms with Crippen molar-refractivity contribution in [2.75, 3.05) is 13.7 Å². The number of benzene rings is 1. The van der Waals surface area contributed by atoms with Crippen molar-refractivity contribution in [1.82, 2.24) is 5.32 Å². The SMILES string of the molecule is COC1CNC(C(=O)c2cc3cc(Cl)ccc3o2)C1. The molecule has 1 N–H and O–H groups in total. The van der Waals surface area contributed by atoms with E-state index in [1.54, 1.807) is 31.4 Å². The predicted molar refractivity (Wildman–Crippen MR) is 72.8 cm³/mol. The van der Waals surface area contributed by atoms with Gasteiger partial charge in [-0.15, -0.1) is 0 Å². The van der Waals surface area contributed by atoms with E-state index in [1.807, 2.05) is 0 Å². The summed E-state index contributed by atoms with van der Waals surface area (Å²) in [6.07, 6.45) is 0.764. The maximum Gasteiger partial charge on any atom is 0.214 e. The fraction of sp³-hybridized carbons (Fsp3) is 0.357. The first kappa shape index (κ1) is 12.7. The molecule has 2 aromatic rings. The Balaban J connectivity index is 1.86. The molecule has 1 aromatic heterocycles. The minimum Gasteiger partial charge on any atom is -0.453 e. The van der Waals surface area contributed by atoms with Crippen LogP contribution < -0.4 is 5.32 Å². The number of carbonyl (C=O) groups excluding carboxylic acids is 1. The van der Waals surface area contributed by atoms with Crippen LogP contribution in [0.25, 0.3) is 11.0 Å². The van der Waals surface area contributed by atoms with E-state index in [9.17, 15) is 4.79 Å². The third kappa shape index (κ3) is 2.39. The molecule has 1 saturated heterocycles. The summed E-state index contributed by atoms with van der Waals surface area (Å²) in [4.78, 5) is 12.3. The van der Waals surface area contributed by atoms with Gasteiger partial charge in [-0.05, 0) is 30.7 Å². The summed E-state index contributed by atoms with van der Waals surface area (Å²) in [5.41, 5.74) is 0.675. The first-order valence-electron chi connectivity index (χ1n) is 6.17. The first-order chi connectivity index (χ1) is 9.17. The summed E-state index contributed by atoms with van der Waals surface area (Å²) in [7, 11) is 1.66. The number of nitrogens with one attached hydrogen (secondary N) is 1. The van der Waals surface area contributed by atoms with E-state index >= 15 is 0 Å². The molecule has 3 rings (SSSR count). The third-order valence-electron chi connectivity index (χ3n) is 3.46. The number of ketones is 1. The van der Waals surface area contributed by atoms with E-state index < -0.39 is 0 Å². The molecule has 0 aliphatic carbocycles. The maximum atomic E-state index is 12.3. The van der Waals surface area contributed by atoms with Crippen LogP contribution >= 0.6 is 11.6 Å². The van der Waals surface area contributed by atoms with Crippen molar-refractivity contribution in [2.45, 2.75) is 18.6 Å². The molecule has 1 aromatic carbocycles. The fourth-order valence-electron chi connectivity index (χ4n) is 2.39. The topological polar surface area (TPSA) is 51.5 Å². The maximum absolute atomic E-state index is 12.3. The first-order valence-corrected chi connectivity index (χ1v) is 6.54. The van der Waals surface area contributed by atoms with Crippen LogP contribution in [0.4, 0.5) is 0 Å². The molecule has 5 heteroatoms. The van der Waals surface area contributed by atoms with Gasteiger partial charge in [0.2, 0.25) is 5.78 Å². The standard InChI is InChI=1S/C14H14ClNO3/c1-18-10-6-11(16-7-10)14(17)13-5-8-4-9(15)2-3-12(8)19-13/h2-5,10-11,16H,6-7H2,1H3. The molecule has 19 heavy (non-hydrogen) atoms. The largest absolute Gasteiger partial charge is 0.453 e. The Kier molecular flexibility index (Phi) is 3.31. The van der Waals surface area contributed by atoms with E-state index in [2.05, 4.69) is 5.32 Å². The van der Waals surface area contributed by atoms with Gasteiger partial charge in [0.1, 0.15) is 5.58 Å². The summed E-state index contributed by atoms with van der Waals surface area (Å²) in [6.45, 7) is 0.693. The lowest BCUT2D eigenvalue weighted by Crippen LogP contribution is -2.30. The lowest BCUT2D eigenvalue weighted by atomic mass is 10.1. The third-order valence-corrected chi connectivity index (χ3v) is 3.70. The van der Waals surface area contributed by atoms with Crippen LogP contribution in [0.2, 0.25) is 5.02 Å². The van der Waals surface area contributed by atoms with Gasteiger partial charge in [0, 0.05) is 24.1 Å². The predicted octanol–water partition coefficient (Wildman–Crippen LogP) is 2.65. The van der Waals surface area contributed by atoms with E-state index in [1.165, 1.54) is 0 Å².